The van der Waals surface area contributed by atoms with Crippen LogP contribution in [0.2, 0.25) is 0 Å². The van der Waals surface area contributed by atoms with Crippen LogP contribution in [0, 0.1) is 11.8 Å². The van der Waals surface area contributed by atoms with Gasteiger partial charge in [0.15, 0.2) is 12.4 Å². The second-order valence-electron chi connectivity index (χ2n) is 6.61. The second-order valence-corrected chi connectivity index (χ2v) is 6.61. The van der Waals surface area contributed by atoms with E-state index in [0.717, 1.165) is 5.56 Å². The largest absolute Gasteiger partial charge is 0.485 e. The van der Waals surface area contributed by atoms with Gasteiger partial charge in [0.1, 0.15) is 5.75 Å². The Labute approximate surface area is 181 Å². The lowest BCUT2D eigenvalue weighted by molar-refractivity contribution is -0.147. The summed E-state index contributed by atoms with van der Waals surface area (Å²) in [5.41, 5.74) is 2.45. The summed E-state index contributed by atoms with van der Waals surface area (Å²) >= 11 is 0. The minimum atomic E-state index is -0.627. The molecule has 0 heterocycles. The van der Waals surface area contributed by atoms with E-state index < -0.39 is 18.7 Å². The summed E-state index contributed by atoms with van der Waals surface area (Å²) in [6.07, 6.45) is 0. The van der Waals surface area contributed by atoms with E-state index in [4.69, 9.17) is 14.2 Å². The molecule has 0 aliphatic rings. The van der Waals surface area contributed by atoms with Crippen LogP contribution in [-0.2, 0) is 19.1 Å². The van der Waals surface area contributed by atoms with E-state index in [2.05, 4.69) is 25.0 Å². The molecule has 0 saturated heterocycles. The number of Topliss-reactive ketones (excluding diaryl/α,β-unsaturated/α-hetero) is 1. The second kappa shape index (κ2) is 11.2. The van der Waals surface area contributed by atoms with Crippen molar-refractivity contribution < 1.29 is 28.6 Å². The van der Waals surface area contributed by atoms with E-state index in [1.54, 1.807) is 55.5 Å². The Morgan fingerprint density at radius 2 is 1.35 bits per heavy atom. The van der Waals surface area contributed by atoms with Gasteiger partial charge in [-0.2, -0.15) is 0 Å². The molecule has 0 aromatic heterocycles. The Bertz CT molecular complexity index is 1050. The van der Waals surface area contributed by atoms with Crippen LogP contribution in [0.3, 0.4) is 0 Å². The van der Waals surface area contributed by atoms with E-state index >= 15 is 0 Å². The summed E-state index contributed by atoms with van der Waals surface area (Å²) in [7, 11) is 0. The molecule has 0 aliphatic heterocycles. The zero-order chi connectivity index (χ0) is 22.8. The zero-order valence-electron chi connectivity index (χ0n) is 17.4. The lowest BCUT2D eigenvalue weighted by Crippen LogP contribution is -2.13. The summed E-state index contributed by atoms with van der Waals surface area (Å²) in [4.78, 5) is 34.7. The van der Waals surface area contributed by atoms with Crippen molar-refractivity contribution in [1.82, 2.24) is 0 Å². The summed E-state index contributed by atoms with van der Waals surface area (Å²) in [5, 5.41) is 0. The number of carbonyl (C=O) groups is 3. The van der Waals surface area contributed by atoms with Crippen molar-refractivity contribution in [2.75, 3.05) is 13.4 Å². The van der Waals surface area contributed by atoms with Crippen LogP contribution in [0.5, 0.6) is 5.75 Å². The zero-order valence-corrected chi connectivity index (χ0v) is 17.4. The van der Waals surface area contributed by atoms with Gasteiger partial charge in [-0.15, -0.1) is 0 Å². The van der Waals surface area contributed by atoms with E-state index in [9.17, 15) is 14.4 Å². The van der Waals surface area contributed by atoms with Crippen molar-refractivity contribution in [3.63, 3.8) is 0 Å². The average Bonchev–Trinajstić information content (AvgIpc) is 2.76. The Balaban J connectivity index is 1.89. The quantitative estimate of drug-likeness (QED) is 0.280. The molecular weight excluding hydrogens is 396 g/mol. The van der Waals surface area contributed by atoms with Gasteiger partial charge in [-0.1, -0.05) is 25.0 Å². The van der Waals surface area contributed by atoms with Crippen molar-refractivity contribution in [1.29, 1.82) is 0 Å². The number of ether oxygens (including phenoxy) is 3. The molecular formula is C25H22O6. The molecule has 6 heteroatoms. The van der Waals surface area contributed by atoms with E-state index in [1.807, 2.05) is 0 Å². The minimum absolute atomic E-state index is 0.0501. The molecule has 0 amide bonds. The fourth-order valence-electron chi connectivity index (χ4n) is 2.08. The molecule has 0 N–H and O–H groups in total. The highest BCUT2D eigenvalue weighted by Crippen LogP contribution is 2.12. The molecule has 0 radical (unpaired) electrons. The maximum atomic E-state index is 11.9. The van der Waals surface area contributed by atoms with Crippen LogP contribution >= 0.6 is 0 Å². The molecule has 6 nitrogen and oxygen atoms in total. The van der Waals surface area contributed by atoms with Gasteiger partial charge in [0.25, 0.3) is 0 Å². The third kappa shape index (κ3) is 7.67. The van der Waals surface area contributed by atoms with E-state index in [-0.39, 0.29) is 18.0 Å². The highest BCUT2D eigenvalue weighted by Gasteiger charge is 2.09. The number of rotatable bonds is 8. The summed E-state index contributed by atoms with van der Waals surface area (Å²) in [6.45, 7) is 9.63. The van der Waals surface area contributed by atoms with Gasteiger partial charge in [0, 0.05) is 16.7 Å². The first kappa shape index (κ1) is 23.2. The molecule has 0 unspecified atom stereocenters. The summed E-state index contributed by atoms with van der Waals surface area (Å²) < 4.78 is 15.0. The van der Waals surface area contributed by atoms with Crippen molar-refractivity contribution in [2.24, 2.45) is 0 Å². The number of ketones is 1. The highest BCUT2D eigenvalue weighted by atomic mass is 16.7. The molecule has 0 saturated carbocycles. The molecule has 0 spiro atoms. The number of esters is 2. The topological polar surface area (TPSA) is 78.9 Å². The smallest absolute Gasteiger partial charge is 0.341 e. The van der Waals surface area contributed by atoms with Crippen molar-refractivity contribution in [3.8, 4) is 17.6 Å². The number of hydrogen-bond acceptors (Lipinski definition) is 6. The van der Waals surface area contributed by atoms with Crippen LogP contribution in [0.15, 0.2) is 72.8 Å². The number of carbonyl (C=O) groups excluding carboxylic acids is 3. The van der Waals surface area contributed by atoms with Gasteiger partial charge < -0.3 is 14.2 Å². The summed E-state index contributed by atoms with van der Waals surface area (Å²) in [6, 6.07) is 13.5. The average molecular weight is 418 g/mol. The maximum Gasteiger partial charge on any atom is 0.341 e. The first-order valence-electron chi connectivity index (χ1n) is 9.29. The fraction of sp³-hybridized carbons (Fsp3) is 0.160. The molecule has 31 heavy (non-hydrogen) atoms. The highest BCUT2D eigenvalue weighted by molar-refractivity contribution is 5.95. The fourth-order valence-corrected chi connectivity index (χ4v) is 2.08. The van der Waals surface area contributed by atoms with Gasteiger partial charge in [-0.25, -0.2) is 9.59 Å². The Kier molecular flexibility index (Phi) is 8.35. The van der Waals surface area contributed by atoms with Crippen molar-refractivity contribution >= 4 is 17.7 Å². The molecule has 0 atom stereocenters. The van der Waals surface area contributed by atoms with E-state index in [0.29, 0.717) is 22.4 Å². The first-order chi connectivity index (χ1) is 14.8. The standard InChI is InChI=1S/C25H22O6/c1-17(2)23(26)15-29-22-13-9-20(10-14-22)6-5-19-7-11-21(12-8-19)25(28)31-16-30-24(27)18(3)4/h7-14H,1,3,15-16H2,2,4H3. The van der Waals surface area contributed by atoms with Gasteiger partial charge in [-0.05, 0) is 68.0 Å². The lowest BCUT2D eigenvalue weighted by atomic mass is 10.1. The normalized spacial score (nSPS) is 9.61. The molecule has 2 rings (SSSR count). The SMILES string of the molecule is C=C(C)C(=O)COc1ccc(C#Cc2ccc(C(=O)OCOC(=O)C(=C)C)cc2)cc1. The van der Waals surface area contributed by atoms with E-state index in [1.165, 1.54) is 6.92 Å². The third-order valence-electron chi connectivity index (χ3n) is 3.90. The summed E-state index contributed by atoms with van der Waals surface area (Å²) in [5.74, 6) is 5.18. The van der Waals surface area contributed by atoms with Gasteiger partial charge >= 0.3 is 11.9 Å². The Hall–Kier alpha value is -4.11. The minimum Gasteiger partial charge on any atom is -0.485 e. The third-order valence-corrected chi connectivity index (χ3v) is 3.90. The van der Waals surface area contributed by atoms with Crippen molar-refractivity contribution in [2.45, 2.75) is 13.8 Å². The molecule has 0 fully saturated rings. The predicted molar refractivity (Wildman–Crippen MR) is 115 cm³/mol. The maximum absolute atomic E-state index is 11.9. The molecule has 2 aromatic rings. The van der Waals surface area contributed by atoms with Gasteiger partial charge in [-0.3, -0.25) is 4.79 Å². The van der Waals surface area contributed by atoms with Crippen LogP contribution in [0.4, 0.5) is 0 Å². The van der Waals surface area contributed by atoms with Crippen LogP contribution in [0.1, 0.15) is 35.3 Å². The Morgan fingerprint density at radius 1 is 0.806 bits per heavy atom. The number of benzene rings is 2. The molecule has 0 aliphatic carbocycles. The van der Waals surface area contributed by atoms with Crippen molar-refractivity contribution in [3.05, 3.63) is 89.5 Å². The first-order valence-corrected chi connectivity index (χ1v) is 9.29. The molecule has 158 valence electrons. The Morgan fingerprint density at radius 3 is 1.87 bits per heavy atom. The van der Waals surface area contributed by atoms with Gasteiger partial charge in [0.2, 0.25) is 6.79 Å². The number of hydrogen-bond donors (Lipinski definition) is 0. The molecule has 2 aromatic carbocycles. The van der Waals surface area contributed by atoms with Crippen LogP contribution in [-0.4, -0.2) is 31.1 Å². The van der Waals surface area contributed by atoms with Crippen LogP contribution in [0.25, 0.3) is 0 Å². The predicted octanol–water partition coefficient (Wildman–Crippen LogP) is 3.84. The van der Waals surface area contributed by atoms with Gasteiger partial charge in [0.05, 0.1) is 5.56 Å². The molecule has 0 bridgehead atoms. The monoisotopic (exact) mass is 418 g/mol. The lowest BCUT2D eigenvalue weighted by Gasteiger charge is -2.06. The van der Waals surface area contributed by atoms with Crippen LogP contribution < -0.4 is 4.74 Å².